The molecular weight excluding hydrogens is 234 g/mol. The van der Waals surface area contributed by atoms with Crippen molar-refractivity contribution in [3.8, 4) is 0 Å². The number of hydrogen-bond donors (Lipinski definition) is 1. The molecule has 0 saturated carbocycles. The van der Waals surface area contributed by atoms with E-state index in [1.807, 2.05) is 0 Å². The molecule has 0 spiro atoms. The van der Waals surface area contributed by atoms with Gasteiger partial charge in [-0.1, -0.05) is 13.0 Å². The maximum atomic E-state index is 13.2. The summed E-state index contributed by atoms with van der Waals surface area (Å²) in [5.41, 5.74) is 0.842. The van der Waals surface area contributed by atoms with Crippen LogP contribution in [-0.2, 0) is 6.54 Å². The summed E-state index contributed by atoms with van der Waals surface area (Å²) in [6, 6.07) is 4.73. The highest BCUT2D eigenvalue weighted by atomic mass is 19.2. The summed E-state index contributed by atoms with van der Waals surface area (Å²) in [5.74, 6) is -1.53. The maximum absolute atomic E-state index is 13.2. The van der Waals surface area contributed by atoms with Gasteiger partial charge in [0.25, 0.3) is 0 Å². The summed E-state index contributed by atoms with van der Waals surface area (Å²) in [6.45, 7) is 5.82. The normalized spacial score (nSPS) is 17.3. The third kappa shape index (κ3) is 3.27. The first-order valence-corrected chi connectivity index (χ1v) is 6.59. The number of nitrogens with one attached hydrogen (secondary N) is 1. The molecule has 2 nitrogen and oxygen atoms in total. The lowest BCUT2D eigenvalue weighted by atomic mass is 10.0. The van der Waals surface area contributed by atoms with Crippen LogP contribution in [0.5, 0.6) is 0 Å². The first kappa shape index (κ1) is 13.4. The number of nitrogens with zero attached hydrogens (tertiary/aromatic N) is 1. The summed E-state index contributed by atoms with van der Waals surface area (Å²) < 4.78 is 26.0. The van der Waals surface area contributed by atoms with Gasteiger partial charge >= 0.3 is 0 Å². The van der Waals surface area contributed by atoms with Gasteiger partial charge in [-0.05, 0) is 50.2 Å². The first-order valence-electron chi connectivity index (χ1n) is 6.59. The van der Waals surface area contributed by atoms with E-state index in [2.05, 4.69) is 17.1 Å². The Kier molecular flexibility index (Phi) is 4.66. The molecular formula is C14H20F2N2. The van der Waals surface area contributed by atoms with Crippen molar-refractivity contribution in [2.75, 3.05) is 19.6 Å². The minimum atomic E-state index is -0.774. The summed E-state index contributed by atoms with van der Waals surface area (Å²) in [6.07, 6.45) is 2.25. The van der Waals surface area contributed by atoms with Crippen LogP contribution in [0.15, 0.2) is 18.2 Å². The molecule has 1 aromatic carbocycles. The second-order valence-electron chi connectivity index (χ2n) is 4.79. The molecule has 0 unspecified atom stereocenters. The molecule has 0 amide bonds. The molecule has 100 valence electrons. The van der Waals surface area contributed by atoms with Crippen molar-refractivity contribution in [1.29, 1.82) is 0 Å². The Hall–Kier alpha value is -1.00. The molecule has 1 saturated heterocycles. The predicted molar refractivity (Wildman–Crippen MR) is 68.3 cm³/mol. The van der Waals surface area contributed by atoms with Crippen LogP contribution in [0.25, 0.3) is 0 Å². The van der Waals surface area contributed by atoms with Gasteiger partial charge in [0.1, 0.15) is 0 Å². The molecule has 1 N–H and O–H groups in total. The fourth-order valence-electron chi connectivity index (χ4n) is 2.54. The predicted octanol–water partition coefficient (Wildman–Crippen LogP) is 2.54. The van der Waals surface area contributed by atoms with E-state index in [1.54, 1.807) is 6.07 Å². The maximum Gasteiger partial charge on any atom is 0.159 e. The van der Waals surface area contributed by atoms with E-state index in [9.17, 15) is 8.78 Å². The minimum Gasteiger partial charge on any atom is -0.317 e. The first-order chi connectivity index (χ1) is 8.70. The van der Waals surface area contributed by atoms with E-state index < -0.39 is 11.6 Å². The van der Waals surface area contributed by atoms with Gasteiger partial charge < -0.3 is 5.32 Å². The van der Waals surface area contributed by atoms with E-state index in [0.29, 0.717) is 12.6 Å². The van der Waals surface area contributed by atoms with Gasteiger partial charge in [0.05, 0.1) is 0 Å². The van der Waals surface area contributed by atoms with Crippen molar-refractivity contribution >= 4 is 0 Å². The van der Waals surface area contributed by atoms with Crippen molar-refractivity contribution in [3.05, 3.63) is 35.4 Å². The summed E-state index contributed by atoms with van der Waals surface area (Å²) >= 11 is 0. The number of halogens is 2. The molecule has 0 aromatic heterocycles. The molecule has 4 heteroatoms. The average molecular weight is 254 g/mol. The molecule has 0 bridgehead atoms. The van der Waals surface area contributed by atoms with Crippen molar-refractivity contribution in [3.63, 3.8) is 0 Å². The Labute approximate surface area is 107 Å². The van der Waals surface area contributed by atoms with Gasteiger partial charge in [0.15, 0.2) is 11.6 Å². The fraction of sp³-hybridized carbons (Fsp3) is 0.571. The van der Waals surface area contributed by atoms with Crippen LogP contribution >= 0.6 is 0 Å². The number of piperidine rings is 1. The molecule has 2 rings (SSSR count). The Morgan fingerprint density at radius 2 is 1.94 bits per heavy atom. The largest absolute Gasteiger partial charge is 0.317 e. The molecule has 1 aromatic rings. The van der Waals surface area contributed by atoms with Crippen LogP contribution in [0.3, 0.4) is 0 Å². The Morgan fingerprint density at radius 3 is 2.56 bits per heavy atom. The highest BCUT2D eigenvalue weighted by Gasteiger charge is 2.19. The molecule has 1 heterocycles. The lowest BCUT2D eigenvalue weighted by Crippen LogP contribution is -2.42. The highest BCUT2D eigenvalue weighted by Crippen LogP contribution is 2.16. The zero-order valence-electron chi connectivity index (χ0n) is 10.8. The lowest BCUT2D eigenvalue weighted by Gasteiger charge is -2.33. The lowest BCUT2D eigenvalue weighted by molar-refractivity contribution is 0.162. The third-order valence-corrected chi connectivity index (χ3v) is 3.60. The number of benzene rings is 1. The molecule has 0 aliphatic carbocycles. The van der Waals surface area contributed by atoms with Crippen LogP contribution in [-0.4, -0.2) is 30.6 Å². The molecule has 1 aliphatic heterocycles. The Bertz CT molecular complexity index is 389. The van der Waals surface area contributed by atoms with E-state index in [1.165, 1.54) is 12.1 Å². The van der Waals surface area contributed by atoms with Gasteiger partial charge in [-0.2, -0.15) is 0 Å². The Balaban J connectivity index is 2.02. The second-order valence-corrected chi connectivity index (χ2v) is 4.79. The van der Waals surface area contributed by atoms with E-state index in [0.717, 1.165) is 38.0 Å². The van der Waals surface area contributed by atoms with Crippen LogP contribution in [0, 0.1) is 11.6 Å². The van der Waals surface area contributed by atoms with E-state index in [4.69, 9.17) is 0 Å². The highest BCUT2D eigenvalue weighted by molar-refractivity contribution is 5.17. The van der Waals surface area contributed by atoms with Gasteiger partial charge in [-0.15, -0.1) is 0 Å². The molecule has 1 aliphatic rings. The average Bonchev–Trinajstić information content (AvgIpc) is 2.41. The van der Waals surface area contributed by atoms with Crippen molar-refractivity contribution in [2.45, 2.75) is 32.4 Å². The topological polar surface area (TPSA) is 15.3 Å². The smallest absolute Gasteiger partial charge is 0.159 e. The van der Waals surface area contributed by atoms with Crippen molar-refractivity contribution in [2.24, 2.45) is 0 Å². The summed E-state index contributed by atoms with van der Waals surface area (Å²) in [5, 5.41) is 3.34. The minimum absolute atomic E-state index is 0.546. The van der Waals surface area contributed by atoms with E-state index >= 15 is 0 Å². The summed E-state index contributed by atoms with van der Waals surface area (Å²) in [4.78, 5) is 2.34. The summed E-state index contributed by atoms with van der Waals surface area (Å²) in [7, 11) is 0. The van der Waals surface area contributed by atoms with Gasteiger partial charge in [0.2, 0.25) is 0 Å². The third-order valence-electron chi connectivity index (χ3n) is 3.60. The zero-order valence-corrected chi connectivity index (χ0v) is 10.8. The van der Waals surface area contributed by atoms with Gasteiger partial charge in [-0.3, -0.25) is 4.90 Å². The van der Waals surface area contributed by atoms with Crippen LogP contribution in [0.4, 0.5) is 8.78 Å². The van der Waals surface area contributed by atoms with Gasteiger partial charge in [0, 0.05) is 12.6 Å². The molecule has 18 heavy (non-hydrogen) atoms. The number of rotatable bonds is 4. The van der Waals surface area contributed by atoms with Crippen molar-refractivity contribution in [1.82, 2.24) is 10.2 Å². The van der Waals surface area contributed by atoms with Crippen LogP contribution in [0.2, 0.25) is 0 Å². The van der Waals surface area contributed by atoms with E-state index in [-0.39, 0.29) is 0 Å². The molecule has 0 radical (unpaired) electrons. The van der Waals surface area contributed by atoms with Gasteiger partial charge in [-0.25, -0.2) is 8.78 Å². The van der Waals surface area contributed by atoms with Crippen LogP contribution in [0.1, 0.15) is 25.3 Å². The quantitative estimate of drug-likeness (QED) is 0.888. The Morgan fingerprint density at radius 1 is 1.22 bits per heavy atom. The molecule has 0 atom stereocenters. The zero-order chi connectivity index (χ0) is 13.0. The van der Waals surface area contributed by atoms with Crippen molar-refractivity contribution < 1.29 is 8.78 Å². The SMILES string of the molecule is CCN(Cc1ccc(F)c(F)c1)C1CCNCC1. The second kappa shape index (κ2) is 6.25. The molecule has 1 fully saturated rings. The van der Waals surface area contributed by atoms with Crippen LogP contribution < -0.4 is 5.32 Å². The standard InChI is InChI=1S/C14H20F2N2/c1-2-18(12-5-7-17-8-6-12)10-11-3-4-13(15)14(16)9-11/h3-4,9,12,17H,2,5-8,10H2,1H3. The monoisotopic (exact) mass is 254 g/mol. The fourth-order valence-corrected chi connectivity index (χ4v) is 2.54. The number of hydrogen-bond acceptors (Lipinski definition) is 2.